The standard InChI is InChI=1S/C30H36N2O4/c1-16-14-28(3)19(18-6-8-24-22(12-18)31-17(2)35-24)7-9-25(28)30-11-10-29(36-30)15-23(32(4)5)27(34)26(33)21(29)13-20(16)30/h6-8,12-13,23,25-27,33-34H,9-11,14-15H2,1-5H3/t23-,25?,26+,27+,28+,29+,30+/m0/s1. The summed E-state index contributed by atoms with van der Waals surface area (Å²) >= 11 is 0. The highest BCUT2D eigenvalue weighted by Gasteiger charge is 2.68. The first kappa shape index (κ1) is 22.9. The van der Waals surface area contributed by atoms with Gasteiger partial charge in [-0.15, -0.1) is 0 Å². The minimum atomic E-state index is -0.897. The second kappa shape index (κ2) is 7.19. The van der Waals surface area contributed by atoms with E-state index in [0.29, 0.717) is 18.2 Å². The lowest BCUT2D eigenvalue weighted by molar-refractivity contribution is -0.162. The van der Waals surface area contributed by atoms with E-state index in [2.05, 4.69) is 43.1 Å². The van der Waals surface area contributed by atoms with E-state index >= 15 is 0 Å². The Balaban J connectivity index is 1.33. The Kier molecular flexibility index (Phi) is 4.58. The number of fused-ring (bicyclic) bond motifs is 2. The molecule has 6 nitrogen and oxygen atoms in total. The number of rotatable bonds is 2. The first-order chi connectivity index (χ1) is 17.1. The average molecular weight is 489 g/mol. The van der Waals surface area contributed by atoms with Gasteiger partial charge in [0.25, 0.3) is 0 Å². The lowest BCUT2D eigenvalue weighted by Gasteiger charge is -2.56. The van der Waals surface area contributed by atoms with Crippen molar-refractivity contribution in [3.05, 3.63) is 58.5 Å². The van der Waals surface area contributed by atoms with E-state index < -0.39 is 17.8 Å². The van der Waals surface area contributed by atoms with Crippen molar-refractivity contribution in [3.8, 4) is 0 Å². The summed E-state index contributed by atoms with van der Waals surface area (Å²) in [5.74, 6) is 1.02. The second-order valence-electron chi connectivity index (χ2n) is 12.4. The van der Waals surface area contributed by atoms with Crippen LogP contribution >= 0.6 is 0 Å². The molecule has 1 saturated heterocycles. The predicted molar refractivity (Wildman–Crippen MR) is 138 cm³/mol. The first-order valence-electron chi connectivity index (χ1n) is 13.3. The third kappa shape index (κ3) is 2.74. The molecular weight excluding hydrogens is 452 g/mol. The summed E-state index contributed by atoms with van der Waals surface area (Å²) in [4.78, 5) is 6.62. The van der Waals surface area contributed by atoms with Crippen LogP contribution in [-0.2, 0) is 4.74 Å². The molecule has 1 aromatic heterocycles. The molecule has 190 valence electrons. The molecule has 1 saturated carbocycles. The molecule has 0 amide bonds. The summed E-state index contributed by atoms with van der Waals surface area (Å²) in [7, 11) is 3.96. The van der Waals surface area contributed by atoms with Crippen molar-refractivity contribution in [2.45, 2.75) is 82.3 Å². The van der Waals surface area contributed by atoms with E-state index in [1.165, 1.54) is 22.3 Å². The molecule has 2 aromatic rings. The Labute approximate surface area is 212 Å². The van der Waals surface area contributed by atoms with Gasteiger partial charge < -0.3 is 24.3 Å². The van der Waals surface area contributed by atoms with Crippen molar-refractivity contribution in [3.63, 3.8) is 0 Å². The maximum Gasteiger partial charge on any atom is 0.192 e. The van der Waals surface area contributed by atoms with Gasteiger partial charge >= 0.3 is 0 Å². The van der Waals surface area contributed by atoms with Crippen LogP contribution in [0, 0.1) is 18.3 Å². The monoisotopic (exact) mass is 488 g/mol. The Hall–Kier alpha value is -2.25. The number of aryl methyl sites for hydroxylation is 1. The number of benzene rings is 1. The van der Waals surface area contributed by atoms with E-state index in [0.717, 1.165) is 42.4 Å². The molecule has 2 aliphatic heterocycles. The number of ether oxygens (including phenoxy) is 1. The number of aromatic nitrogens is 1. The van der Waals surface area contributed by atoms with Gasteiger partial charge in [0.05, 0.1) is 17.3 Å². The van der Waals surface area contributed by atoms with E-state index in [1.807, 2.05) is 32.0 Å². The van der Waals surface area contributed by atoms with Crippen molar-refractivity contribution in [1.82, 2.24) is 9.88 Å². The first-order valence-corrected chi connectivity index (χ1v) is 13.3. The minimum Gasteiger partial charge on any atom is -0.441 e. The predicted octanol–water partition coefficient (Wildman–Crippen LogP) is 4.55. The van der Waals surface area contributed by atoms with Crippen molar-refractivity contribution in [1.29, 1.82) is 0 Å². The van der Waals surface area contributed by atoms with Crippen molar-refractivity contribution < 1.29 is 19.4 Å². The molecule has 2 bridgehead atoms. The number of oxazole rings is 1. The Morgan fingerprint density at radius 1 is 1.14 bits per heavy atom. The number of likely N-dealkylation sites (N-methyl/N-ethyl adjacent to an activating group) is 1. The topological polar surface area (TPSA) is 79.0 Å². The molecule has 5 aliphatic rings. The van der Waals surface area contributed by atoms with Crippen LogP contribution in [-0.4, -0.2) is 63.6 Å². The molecule has 7 atom stereocenters. The van der Waals surface area contributed by atoms with Crippen molar-refractivity contribution >= 4 is 16.7 Å². The average Bonchev–Trinajstić information content (AvgIpc) is 3.46. The lowest BCUT2D eigenvalue weighted by Crippen LogP contribution is -2.62. The highest BCUT2D eigenvalue weighted by atomic mass is 16.5. The van der Waals surface area contributed by atoms with Crippen LogP contribution in [0.25, 0.3) is 16.7 Å². The van der Waals surface area contributed by atoms with Crippen LogP contribution in [0.15, 0.2) is 51.5 Å². The van der Waals surface area contributed by atoms with Crippen LogP contribution in [0.5, 0.6) is 0 Å². The second-order valence-corrected chi connectivity index (χ2v) is 12.4. The minimum absolute atomic E-state index is 0.0509. The molecule has 3 heterocycles. The zero-order chi connectivity index (χ0) is 25.2. The van der Waals surface area contributed by atoms with Crippen LogP contribution < -0.4 is 0 Å². The molecule has 0 radical (unpaired) electrons. The van der Waals surface area contributed by atoms with Crippen molar-refractivity contribution in [2.75, 3.05) is 14.1 Å². The fourth-order valence-electron chi connectivity index (χ4n) is 8.66. The number of hydrogen-bond acceptors (Lipinski definition) is 6. The third-order valence-corrected chi connectivity index (χ3v) is 10.2. The van der Waals surface area contributed by atoms with E-state index in [4.69, 9.17) is 9.15 Å². The van der Waals surface area contributed by atoms with E-state index in [9.17, 15) is 10.2 Å². The molecule has 2 N–H and O–H groups in total. The highest BCUT2D eigenvalue weighted by Crippen LogP contribution is 2.69. The summed E-state index contributed by atoms with van der Waals surface area (Å²) in [6, 6.07) is 6.26. The van der Waals surface area contributed by atoms with Crippen LogP contribution in [0.2, 0.25) is 0 Å². The molecule has 1 aromatic carbocycles. The zero-order valence-corrected chi connectivity index (χ0v) is 21.8. The summed E-state index contributed by atoms with van der Waals surface area (Å²) in [6.07, 6.45) is 7.43. The van der Waals surface area contributed by atoms with Gasteiger partial charge in [-0.05, 0) is 87.5 Å². The summed E-state index contributed by atoms with van der Waals surface area (Å²) in [6.45, 7) is 6.54. The maximum atomic E-state index is 11.2. The van der Waals surface area contributed by atoms with Gasteiger partial charge in [0.1, 0.15) is 11.6 Å². The quantitative estimate of drug-likeness (QED) is 0.646. The highest BCUT2D eigenvalue weighted by molar-refractivity contribution is 5.82. The number of aliphatic hydroxyl groups excluding tert-OH is 2. The van der Waals surface area contributed by atoms with Gasteiger partial charge in [-0.1, -0.05) is 30.7 Å². The third-order valence-electron chi connectivity index (χ3n) is 10.2. The van der Waals surface area contributed by atoms with Crippen LogP contribution in [0.4, 0.5) is 0 Å². The van der Waals surface area contributed by atoms with E-state index in [-0.39, 0.29) is 17.1 Å². The smallest absolute Gasteiger partial charge is 0.192 e. The SMILES string of the molecule is CC1=C2C=C3[C@@H](O)[C@H](O)[C@@H](N(C)C)C[C@]34CC[C@]2(O4)C2CC=C(c3ccc4oc(C)nc4c3)[C@@]2(C)C1. The fraction of sp³-hybridized carbons (Fsp3) is 0.567. The fourth-order valence-corrected chi connectivity index (χ4v) is 8.66. The summed E-state index contributed by atoms with van der Waals surface area (Å²) in [5, 5.41) is 22.2. The lowest BCUT2D eigenvalue weighted by atomic mass is 9.56. The van der Waals surface area contributed by atoms with E-state index in [1.54, 1.807) is 0 Å². The van der Waals surface area contributed by atoms with Gasteiger partial charge in [0, 0.05) is 24.3 Å². The van der Waals surface area contributed by atoms with Crippen LogP contribution in [0.1, 0.15) is 57.4 Å². The van der Waals surface area contributed by atoms with Gasteiger partial charge in [-0.3, -0.25) is 0 Å². The largest absolute Gasteiger partial charge is 0.441 e. The summed E-state index contributed by atoms with van der Waals surface area (Å²) in [5.41, 5.74) is 6.90. The Morgan fingerprint density at radius 2 is 1.94 bits per heavy atom. The maximum absolute atomic E-state index is 11.2. The number of nitrogens with zero attached hydrogens (tertiary/aromatic N) is 2. The molecule has 7 rings (SSSR count). The van der Waals surface area contributed by atoms with Crippen molar-refractivity contribution in [2.24, 2.45) is 11.3 Å². The van der Waals surface area contributed by atoms with Crippen LogP contribution in [0.3, 0.4) is 0 Å². The number of aliphatic hydroxyl groups is 2. The molecule has 1 unspecified atom stereocenters. The molecule has 2 fully saturated rings. The zero-order valence-electron chi connectivity index (χ0n) is 21.8. The normalized spacial score (nSPS) is 41.3. The number of allylic oxidation sites excluding steroid dienone is 3. The number of hydrogen-bond donors (Lipinski definition) is 2. The Bertz CT molecular complexity index is 1380. The van der Waals surface area contributed by atoms with Gasteiger partial charge in [0.15, 0.2) is 11.5 Å². The molecule has 2 spiro atoms. The Morgan fingerprint density at radius 3 is 2.72 bits per heavy atom. The van der Waals surface area contributed by atoms with Gasteiger partial charge in [-0.25, -0.2) is 4.98 Å². The molecule has 3 aliphatic carbocycles. The molecule has 6 heteroatoms. The van der Waals surface area contributed by atoms with Gasteiger partial charge in [-0.2, -0.15) is 0 Å². The van der Waals surface area contributed by atoms with Gasteiger partial charge in [0.2, 0.25) is 0 Å². The molecular formula is C30H36N2O4. The molecule has 36 heavy (non-hydrogen) atoms. The summed E-state index contributed by atoms with van der Waals surface area (Å²) < 4.78 is 13.0.